The highest BCUT2D eigenvalue weighted by molar-refractivity contribution is 5.39. The van der Waals surface area contributed by atoms with Gasteiger partial charge in [-0.25, -0.2) is 0 Å². The van der Waals surface area contributed by atoms with Crippen LogP contribution in [-0.2, 0) is 0 Å². The molecule has 1 aromatic rings. The van der Waals surface area contributed by atoms with Gasteiger partial charge >= 0.3 is 6.18 Å². The summed E-state index contributed by atoms with van der Waals surface area (Å²) >= 11 is 0. The van der Waals surface area contributed by atoms with E-state index in [-0.39, 0.29) is 18.8 Å². The van der Waals surface area contributed by atoms with Crippen molar-refractivity contribution in [1.29, 1.82) is 0 Å². The van der Waals surface area contributed by atoms with Crippen LogP contribution in [0.2, 0.25) is 0 Å². The lowest BCUT2D eigenvalue weighted by Gasteiger charge is -2.35. The van der Waals surface area contributed by atoms with Crippen LogP contribution in [0.5, 0.6) is 0 Å². The van der Waals surface area contributed by atoms with Crippen molar-refractivity contribution in [3.63, 3.8) is 0 Å². The highest BCUT2D eigenvalue weighted by Crippen LogP contribution is 2.32. The summed E-state index contributed by atoms with van der Waals surface area (Å²) in [4.78, 5) is 16.9. The Labute approximate surface area is 139 Å². The fourth-order valence-electron chi connectivity index (χ4n) is 2.65. The topological polar surface area (TPSA) is 65.4 Å². The highest BCUT2D eigenvalue weighted by atomic mass is 19.4. The standard InChI is InChI=1S/C15H24F3N5O/c1-9(2)12-19-13(22(3)4)21-14(20-12)23-7-5-10(6-8-23)11(24)15(16,17)18/h9-11,24H,5-8H2,1-4H3. The molecule has 0 aliphatic carbocycles. The molecule has 1 fully saturated rings. The van der Waals surface area contributed by atoms with E-state index in [0.717, 1.165) is 0 Å². The molecule has 0 bridgehead atoms. The lowest BCUT2D eigenvalue weighted by atomic mass is 9.91. The van der Waals surface area contributed by atoms with E-state index in [4.69, 9.17) is 0 Å². The minimum absolute atomic E-state index is 0.120. The molecule has 1 aliphatic rings. The summed E-state index contributed by atoms with van der Waals surface area (Å²) in [6.45, 7) is 4.72. The van der Waals surface area contributed by atoms with Crippen LogP contribution in [-0.4, -0.2) is 59.5 Å². The van der Waals surface area contributed by atoms with Gasteiger partial charge in [-0.1, -0.05) is 13.8 Å². The normalized spacial score (nSPS) is 18.1. The number of hydrogen-bond donors (Lipinski definition) is 1. The Morgan fingerprint density at radius 3 is 2.17 bits per heavy atom. The first-order valence-electron chi connectivity index (χ1n) is 8.02. The first-order chi connectivity index (χ1) is 11.1. The molecule has 2 heterocycles. The maximum atomic E-state index is 12.6. The average molecular weight is 347 g/mol. The summed E-state index contributed by atoms with van der Waals surface area (Å²) in [5.41, 5.74) is 0. The number of aromatic nitrogens is 3. The quantitative estimate of drug-likeness (QED) is 0.901. The molecule has 0 radical (unpaired) electrons. The maximum absolute atomic E-state index is 12.6. The van der Waals surface area contributed by atoms with Crippen molar-refractivity contribution in [3.05, 3.63) is 5.82 Å². The van der Waals surface area contributed by atoms with Gasteiger partial charge in [0.2, 0.25) is 11.9 Å². The third-order valence-corrected chi connectivity index (χ3v) is 4.15. The summed E-state index contributed by atoms with van der Waals surface area (Å²) in [5, 5.41) is 9.41. The van der Waals surface area contributed by atoms with Gasteiger partial charge in [-0.2, -0.15) is 28.1 Å². The first-order valence-corrected chi connectivity index (χ1v) is 8.02. The molecule has 0 aromatic carbocycles. The molecule has 136 valence electrons. The van der Waals surface area contributed by atoms with Crippen LogP contribution in [0.25, 0.3) is 0 Å². The molecule has 1 unspecified atom stereocenters. The molecule has 2 rings (SSSR count). The van der Waals surface area contributed by atoms with Gasteiger partial charge in [-0.05, 0) is 18.8 Å². The number of anilines is 2. The molecule has 1 N–H and O–H groups in total. The predicted molar refractivity (Wildman–Crippen MR) is 85.2 cm³/mol. The van der Waals surface area contributed by atoms with Gasteiger partial charge in [-0.15, -0.1) is 0 Å². The second kappa shape index (κ2) is 7.08. The summed E-state index contributed by atoms with van der Waals surface area (Å²) in [6, 6.07) is 0. The maximum Gasteiger partial charge on any atom is 0.414 e. The van der Waals surface area contributed by atoms with Crippen LogP contribution >= 0.6 is 0 Å². The molecular weight excluding hydrogens is 323 g/mol. The minimum Gasteiger partial charge on any atom is -0.383 e. The van der Waals surface area contributed by atoms with Crippen LogP contribution in [0.4, 0.5) is 25.1 Å². The second-order valence-electron chi connectivity index (χ2n) is 6.65. The molecule has 1 aliphatic heterocycles. The van der Waals surface area contributed by atoms with Crippen molar-refractivity contribution < 1.29 is 18.3 Å². The van der Waals surface area contributed by atoms with E-state index in [1.165, 1.54) is 0 Å². The summed E-state index contributed by atoms with van der Waals surface area (Å²) in [6.07, 6.45) is -6.33. The average Bonchev–Trinajstić information content (AvgIpc) is 2.53. The lowest BCUT2D eigenvalue weighted by molar-refractivity contribution is -0.221. The molecular formula is C15H24F3N5O. The van der Waals surface area contributed by atoms with Crippen molar-refractivity contribution in [3.8, 4) is 0 Å². The van der Waals surface area contributed by atoms with Gasteiger partial charge in [0.15, 0.2) is 6.10 Å². The Bertz CT molecular complexity index is 530. The van der Waals surface area contributed by atoms with E-state index < -0.39 is 18.2 Å². The minimum atomic E-state index is -4.57. The number of hydrogen-bond acceptors (Lipinski definition) is 6. The van der Waals surface area contributed by atoms with E-state index in [1.54, 1.807) is 4.90 Å². The Hall–Kier alpha value is -1.64. The number of alkyl halides is 3. The number of rotatable bonds is 4. The molecule has 24 heavy (non-hydrogen) atoms. The zero-order valence-corrected chi connectivity index (χ0v) is 14.4. The zero-order valence-electron chi connectivity index (χ0n) is 14.4. The van der Waals surface area contributed by atoms with Gasteiger partial charge in [0, 0.05) is 33.1 Å². The van der Waals surface area contributed by atoms with E-state index in [0.29, 0.717) is 30.8 Å². The first kappa shape index (κ1) is 18.7. The molecule has 1 aromatic heterocycles. The van der Waals surface area contributed by atoms with Crippen LogP contribution in [0, 0.1) is 5.92 Å². The number of aliphatic hydroxyl groups is 1. The molecule has 0 saturated carbocycles. The fourth-order valence-corrected chi connectivity index (χ4v) is 2.65. The van der Waals surface area contributed by atoms with Crippen molar-refractivity contribution in [2.45, 2.75) is 44.9 Å². The number of piperidine rings is 1. The summed E-state index contributed by atoms with van der Waals surface area (Å²) in [7, 11) is 3.66. The van der Waals surface area contributed by atoms with Crippen LogP contribution < -0.4 is 9.80 Å². The molecule has 9 heteroatoms. The lowest BCUT2D eigenvalue weighted by Crippen LogP contribution is -2.44. The third kappa shape index (κ3) is 4.25. The number of nitrogens with zero attached hydrogens (tertiary/aromatic N) is 5. The van der Waals surface area contributed by atoms with E-state index in [2.05, 4.69) is 15.0 Å². The Morgan fingerprint density at radius 1 is 1.12 bits per heavy atom. The third-order valence-electron chi connectivity index (χ3n) is 4.15. The molecule has 6 nitrogen and oxygen atoms in total. The monoisotopic (exact) mass is 347 g/mol. The van der Waals surface area contributed by atoms with Crippen molar-refractivity contribution in [2.24, 2.45) is 5.92 Å². The predicted octanol–water partition coefficient (Wildman–Crippen LogP) is 2.20. The van der Waals surface area contributed by atoms with E-state index in [1.807, 2.05) is 32.8 Å². The van der Waals surface area contributed by atoms with Gasteiger partial charge in [0.05, 0.1) is 0 Å². The fraction of sp³-hybridized carbons (Fsp3) is 0.800. The Kier molecular flexibility index (Phi) is 5.52. The van der Waals surface area contributed by atoms with Gasteiger partial charge in [-0.3, -0.25) is 0 Å². The van der Waals surface area contributed by atoms with Gasteiger partial charge < -0.3 is 14.9 Å². The molecule has 0 amide bonds. The van der Waals surface area contributed by atoms with Crippen molar-refractivity contribution >= 4 is 11.9 Å². The molecule has 1 saturated heterocycles. The summed E-state index contributed by atoms with van der Waals surface area (Å²) < 4.78 is 37.9. The number of aliphatic hydroxyl groups excluding tert-OH is 1. The van der Waals surface area contributed by atoms with Gasteiger partial charge in [0.25, 0.3) is 0 Å². The number of halogens is 3. The molecule has 0 spiro atoms. The zero-order chi connectivity index (χ0) is 18.1. The van der Waals surface area contributed by atoms with Crippen molar-refractivity contribution in [1.82, 2.24) is 15.0 Å². The van der Waals surface area contributed by atoms with Crippen LogP contribution in [0.3, 0.4) is 0 Å². The largest absolute Gasteiger partial charge is 0.414 e. The Morgan fingerprint density at radius 2 is 1.71 bits per heavy atom. The van der Waals surface area contributed by atoms with E-state index in [9.17, 15) is 18.3 Å². The van der Waals surface area contributed by atoms with E-state index >= 15 is 0 Å². The second-order valence-corrected chi connectivity index (χ2v) is 6.65. The Balaban J connectivity index is 2.14. The van der Waals surface area contributed by atoms with Crippen molar-refractivity contribution in [2.75, 3.05) is 37.0 Å². The summed E-state index contributed by atoms with van der Waals surface area (Å²) in [5.74, 6) is 1.01. The van der Waals surface area contributed by atoms with Crippen LogP contribution in [0.1, 0.15) is 38.4 Å². The molecule has 1 atom stereocenters. The highest BCUT2D eigenvalue weighted by Gasteiger charge is 2.44. The van der Waals surface area contributed by atoms with Gasteiger partial charge in [0.1, 0.15) is 5.82 Å². The SMILES string of the molecule is CC(C)c1nc(N(C)C)nc(N2CCC(C(O)C(F)(F)F)CC2)n1. The van der Waals surface area contributed by atoms with Crippen LogP contribution in [0.15, 0.2) is 0 Å². The smallest absolute Gasteiger partial charge is 0.383 e.